The van der Waals surface area contributed by atoms with Crippen molar-refractivity contribution in [3.05, 3.63) is 0 Å². The van der Waals surface area contributed by atoms with Gasteiger partial charge in [0.05, 0.1) is 0 Å². The second-order valence-electron chi connectivity index (χ2n) is 2.78. The van der Waals surface area contributed by atoms with E-state index in [2.05, 4.69) is 29.5 Å². The lowest BCUT2D eigenvalue weighted by molar-refractivity contribution is 0.409. The van der Waals surface area contributed by atoms with E-state index in [-0.39, 0.29) is 0 Å². The van der Waals surface area contributed by atoms with Crippen LogP contribution in [0.25, 0.3) is 0 Å². The molecule has 0 heterocycles. The highest BCUT2D eigenvalue weighted by atomic mass is 127. The lowest BCUT2D eigenvalue weighted by Gasteiger charge is -2.23. The van der Waals surface area contributed by atoms with E-state index in [1.54, 1.807) is 0 Å². The number of hydrogen-bond donors (Lipinski definition) is 0. The quantitative estimate of drug-likeness (QED) is 0.438. The van der Waals surface area contributed by atoms with E-state index in [0.717, 1.165) is 9.84 Å². The van der Waals surface area contributed by atoms with Gasteiger partial charge in [0.25, 0.3) is 0 Å². The molecule has 0 aromatic carbocycles. The van der Waals surface area contributed by atoms with Crippen LogP contribution in [0.15, 0.2) is 0 Å². The molecule has 0 nitrogen and oxygen atoms in total. The van der Waals surface area contributed by atoms with Crippen LogP contribution in [-0.4, -0.2) is 3.92 Å². The molecule has 0 bridgehead atoms. The summed E-state index contributed by atoms with van der Waals surface area (Å²) >= 11 is 2.58. The molecule has 0 amide bonds. The molecule has 1 aliphatic carbocycles. The summed E-state index contributed by atoms with van der Waals surface area (Å²) in [4.78, 5) is 0. The van der Waals surface area contributed by atoms with Crippen LogP contribution in [0, 0.1) is 5.92 Å². The molecule has 0 spiro atoms. The van der Waals surface area contributed by atoms with Crippen molar-refractivity contribution >= 4 is 22.6 Å². The van der Waals surface area contributed by atoms with E-state index in [1.165, 1.54) is 25.7 Å². The highest BCUT2D eigenvalue weighted by Gasteiger charge is 2.17. The maximum absolute atomic E-state index is 2.58. The Bertz CT molecular complexity index is 60.8. The van der Waals surface area contributed by atoms with Gasteiger partial charge in [0.1, 0.15) is 0 Å². The zero-order valence-electron chi connectivity index (χ0n) is 5.36. The maximum Gasteiger partial charge on any atom is 0.0135 e. The van der Waals surface area contributed by atoms with Crippen molar-refractivity contribution in [3.63, 3.8) is 0 Å². The summed E-state index contributed by atoms with van der Waals surface area (Å²) < 4.78 is 0.973. The van der Waals surface area contributed by atoms with Crippen LogP contribution in [0.4, 0.5) is 0 Å². The minimum Gasteiger partial charge on any atom is -0.0823 e. The Morgan fingerprint density at radius 3 is 2.25 bits per heavy atom. The normalized spacial score (nSPS) is 39.8. The summed E-state index contributed by atoms with van der Waals surface area (Å²) in [6.45, 7) is 2.37. The third kappa shape index (κ3) is 1.61. The van der Waals surface area contributed by atoms with Gasteiger partial charge >= 0.3 is 0 Å². The first-order valence-electron chi connectivity index (χ1n) is 3.45. The van der Waals surface area contributed by atoms with Crippen molar-refractivity contribution in [2.45, 2.75) is 36.5 Å². The van der Waals surface area contributed by atoms with Crippen molar-refractivity contribution in [3.8, 4) is 0 Å². The fraction of sp³-hybridized carbons (Fsp3) is 1.00. The number of rotatable bonds is 0. The molecular weight excluding hydrogens is 211 g/mol. The van der Waals surface area contributed by atoms with E-state index in [0.29, 0.717) is 0 Å². The first-order valence-corrected chi connectivity index (χ1v) is 4.69. The summed E-state index contributed by atoms with van der Waals surface area (Å²) in [6.07, 6.45) is 5.87. The average Bonchev–Trinajstić information content (AvgIpc) is 1.77. The van der Waals surface area contributed by atoms with Gasteiger partial charge < -0.3 is 0 Å². The van der Waals surface area contributed by atoms with Crippen molar-refractivity contribution in [2.75, 3.05) is 0 Å². The first-order chi connectivity index (χ1) is 3.80. The van der Waals surface area contributed by atoms with Gasteiger partial charge in [-0.2, -0.15) is 0 Å². The molecule has 0 saturated heterocycles. The third-order valence-electron chi connectivity index (χ3n) is 2.01. The fourth-order valence-corrected chi connectivity index (χ4v) is 2.07. The van der Waals surface area contributed by atoms with Crippen LogP contribution < -0.4 is 0 Å². The monoisotopic (exact) mass is 224 g/mol. The maximum atomic E-state index is 2.58. The summed E-state index contributed by atoms with van der Waals surface area (Å²) in [5, 5.41) is 0. The second-order valence-corrected chi connectivity index (χ2v) is 4.38. The van der Waals surface area contributed by atoms with Crippen molar-refractivity contribution in [1.82, 2.24) is 0 Å². The zero-order valence-corrected chi connectivity index (χ0v) is 7.52. The van der Waals surface area contributed by atoms with Crippen molar-refractivity contribution < 1.29 is 0 Å². The molecule has 1 heteroatoms. The average molecular weight is 224 g/mol. The van der Waals surface area contributed by atoms with Gasteiger partial charge in [-0.3, -0.25) is 0 Å². The first kappa shape index (κ1) is 6.84. The molecule has 2 atom stereocenters. The highest BCUT2D eigenvalue weighted by molar-refractivity contribution is 14.1. The third-order valence-corrected chi connectivity index (χ3v) is 3.86. The largest absolute Gasteiger partial charge is 0.0823 e. The lowest BCUT2D eigenvalue weighted by atomic mass is 9.91. The van der Waals surface area contributed by atoms with Crippen LogP contribution in [0.5, 0.6) is 0 Å². The van der Waals surface area contributed by atoms with Crippen LogP contribution >= 0.6 is 22.6 Å². The van der Waals surface area contributed by atoms with Crippen LogP contribution in [0.3, 0.4) is 0 Å². The smallest absolute Gasteiger partial charge is 0.0135 e. The Labute approximate surface area is 65.2 Å². The minimum atomic E-state index is 0.973. The molecule has 1 fully saturated rings. The standard InChI is InChI=1S/C7H13I/c1-6-4-2-3-5-7(6)8/h6-7H,2-5H2,1H3/t6-,7?/m1/s1. The molecule has 1 rings (SSSR count). The van der Waals surface area contributed by atoms with E-state index in [9.17, 15) is 0 Å². The molecular formula is C7H13I. The molecule has 1 unspecified atom stereocenters. The highest BCUT2D eigenvalue weighted by Crippen LogP contribution is 2.29. The van der Waals surface area contributed by atoms with E-state index in [1.807, 2.05) is 0 Å². The van der Waals surface area contributed by atoms with Gasteiger partial charge in [-0.05, 0) is 18.8 Å². The molecule has 48 valence electrons. The molecule has 0 aliphatic heterocycles. The van der Waals surface area contributed by atoms with Crippen molar-refractivity contribution in [2.24, 2.45) is 5.92 Å². The van der Waals surface area contributed by atoms with E-state index >= 15 is 0 Å². The topological polar surface area (TPSA) is 0 Å². The minimum absolute atomic E-state index is 0.973. The molecule has 0 aromatic rings. The lowest BCUT2D eigenvalue weighted by Crippen LogP contribution is -2.15. The summed E-state index contributed by atoms with van der Waals surface area (Å²) in [5.74, 6) is 0.990. The summed E-state index contributed by atoms with van der Waals surface area (Å²) in [7, 11) is 0. The Balaban J connectivity index is 2.28. The van der Waals surface area contributed by atoms with Gasteiger partial charge in [-0.15, -0.1) is 0 Å². The zero-order chi connectivity index (χ0) is 5.98. The van der Waals surface area contributed by atoms with Gasteiger partial charge in [0.15, 0.2) is 0 Å². The molecule has 1 saturated carbocycles. The summed E-state index contributed by atoms with van der Waals surface area (Å²) in [6, 6.07) is 0. The predicted molar refractivity (Wildman–Crippen MR) is 45.4 cm³/mol. The van der Waals surface area contributed by atoms with Gasteiger partial charge in [-0.1, -0.05) is 42.4 Å². The van der Waals surface area contributed by atoms with Gasteiger partial charge in [0.2, 0.25) is 0 Å². The molecule has 0 aromatic heterocycles. The van der Waals surface area contributed by atoms with Gasteiger partial charge in [0, 0.05) is 3.92 Å². The SMILES string of the molecule is C[C@@H]1CCCCC1I. The Kier molecular flexibility index (Phi) is 2.60. The fourth-order valence-electron chi connectivity index (χ4n) is 1.27. The van der Waals surface area contributed by atoms with Crippen molar-refractivity contribution in [1.29, 1.82) is 0 Å². The van der Waals surface area contributed by atoms with E-state index in [4.69, 9.17) is 0 Å². The Hall–Kier alpha value is 0.730. The predicted octanol–water partition coefficient (Wildman–Crippen LogP) is 3.00. The number of alkyl halides is 1. The number of halogens is 1. The van der Waals surface area contributed by atoms with Crippen LogP contribution in [0.1, 0.15) is 32.6 Å². The van der Waals surface area contributed by atoms with E-state index < -0.39 is 0 Å². The van der Waals surface area contributed by atoms with Crippen LogP contribution in [0.2, 0.25) is 0 Å². The Morgan fingerprint density at radius 1 is 1.25 bits per heavy atom. The number of hydrogen-bond acceptors (Lipinski definition) is 0. The molecule has 0 N–H and O–H groups in total. The van der Waals surface area contributed by atoms with Gasteiger partial charge in [-0.25, -0.2) is 0 Å². The molecule has 1 aliphatic rings. The summed E-state index contributed by atoms with van der Waals surface area (Å²) in [5.41, 5.74) is 0. The molecule has 0 radical (unpaired) electrons. The second kappa shape index (κ2) is 3.04. The Morgan fingerprint density at radius 2 is 1.88 bits per heavy atom. The molecule has 8 heavy (non-hydrogen) atoms. The van der Waals surface area contributed by atoms with Crippen LogP contribution in [-0.2, 0) is 0 Å².